The number of hydrogen-bond donors (Lipinski definition) is 0. The third kappa shape index (κ3) is 2.57. The van der Waals surface area contributed by atoms with Gasteiger partial charge in [-0.3, -0.25) is 9.59 Å². The number of hydrogen-bond acceptors (Lipinski definition) is 5. The Morgan fingerprint density at radius 3 is 2.65 bits per heavy atom. The molecule has 0 unspecified atom stereocenters. The number of fused-ring (bicyclic) bond motifs is 1. The molecule has 132 valence electrons. The summed E-state index contributed by atoms with van der Waals surface area (Å²) >= 11 is 0. The molecule has 0 N–H and O–H groups in total. The molecule has 3 aromatic rings. The molecule has 3 heterocycles. The molecular weight excluding hydrogens is 334 g/mol. The fourth-order valence-electron chi connectivity index (χ4n) is 3.33. The van der Waals surface area contributed by atoms with Crippen molar-refractivity contribution in [3.63, 3.8) is 0 Å². The van der Waals surface area contributed by atoms with Gasteiger partial charge in [-0.05, 0) is 37.3 Å². The van der Waals surface area contributed by atoms with Crippen molar-refractivity contribution in [2.45, 2.75) is 19.9 Å². The number of oxazole rings is 1. The zero-order chi connectivity index (χ0) is 18.3. The van der Waals surface area contributed by atoms with Crippen molar-refractivity contribution >= 4 is 23.2 Å². The van der Waals surface area contributed by atoms with Gasteiger partial charge in [-0.15, -0.1) is 0 Å². The number of amides is 2. The molecule has 0 spiro atoms. The summed E-state index contributed by atoms with van der Waals surface area (Å²) in [5.41, 5.74) is 2.02. The molecule has 2 aromatic heterocycles. The Balaban J connectivity index is 1.85. The molecule has 7 heteroatoms. The van der Waals surface area contributed by atoms with Crippen LogP contribution in [0.15, 0.2) is 57.9 Å². The van der Waals surface area contributed by atoms with Crippen LogP contribution >= 0.6 is 0 Å². The van der Waals surface area contributed by atoms with E-state index in [0.29, 0.717) is 23.8 Å². The van der Waals surface area contributed by atoms with Crippen molar-refractivity contribution in [3.05, 3.63) is 54.8 Å². The van der Waals surface area contributed by atoms with E-state index in [9.17, 15) is 9.59 Å². The lowest BCUT2D eigenvalue weighted by Crippen LogP contribution is -2.51. The zero-order valence-electron chi connectivity index (χ0n) is 14.4. The van der Waals surface area contributed by atoms with Gasteiger partial charge in [-0.25, -0.2) is 4.98 Å². The highest BCUT2D eigenvalue weighted by molar-refractivity contribution is 6.09. The van der Waals surface area contributed by atoms with Gasteiger partial charge in [0.2, 0.25) is 11.8 Å². The largest absolute Gasteiger partial charge is 0.459 e. The molecule has 26 heavy (non-hydrogen) atoms. The van der Waals surface area contributed by atoms with E-state index in [1.807, 2.05) is 25.1 Å². The van der Waals surface area contributed by atoms with Gasteiger partial charge >= 0.3 is 0 Å². The maximum absolute atomic E-state index is 12.9. The van der Waals surface area contributed by atoms with E-state index in [1.165, 1.54) is 19.5 Å². The van der Waals surface area contributed by atoms with Crippen molar-refractivity contribution in [3.8, 4) is 11.5 Å². The van der Waals surface area contributed by atoms with Crippen LogP contribution in [0.4, 0.5) is 11.4 Å². The normalized spacial score (nSPS) is 16.5. The number of benzene rings is 1. The monoisotopic (exact) mass is 351 g/mol. The number of anilines is 2. The summed E-state index contributed by atoms with van der Waals surface area (Å²) in [7, 11) is 0. The standard InChI is InChI=1S/C19H17N3O4/c1-12-11-21(19(24)17-4-3-8-25-17)16-10-14(18-20-7-9-26-18)5-6-15(16)22(12)13(2)23/h3-10,12H,11H2,1-2H3/t12-/m0/s1. The van der Waals surface area contributed by atoms with Crippen molar-refractivity contribution in [1.29, 1.82) is 0 Å². The second kappa shape index (κ2) is 6.18. The number of nitrogens with zero attached hydrogens (tertiary/aromatic N) is 3. The Hall–Kier alpha value is -3.35. The molecule has 2 amide bonds. The minimum atomic E-state index is -0.254. The molecule has 4 rings (SSSR count). The highest BCUT2D eigenvalue weighted by atomic mass is 16.3. The van der Waals surface area contributed by atoms with Crippen LogP contribution in [0.5, 0.6) is 0 Å². The smallest absolute Gasteiger partial charge is 0.294 e. The van der Waals surface area contributed by atoms with E-state index < -0.39 is 0 Å². The molecule has 0 saturated heterocycles. The number of carbonyl (C=O) groups is 2. The Labute approximate surface area is 149 Å². The quantitative estimate of drug-likeness (QED) is 0.707. The van der Waals surface area contributed by atoms with E-state index in [4.69, 9.17) is 8.83 Å². The summed E-state index contributed by atoms with van der Waals surface area (Å²) in [6.07, 6.45) is 4.52. The van der Waals surface area contributed by atoms with Gasteiger partial charge in [0.25, 0.3) is 5.91 Å². The van der Waals surface area contributed by atoms with Crippen molar-refractivity contribution in [1.82, 2.24) is 4.98 Å². The highest BCUT2D eigenvalue weighted by Gasteiger charge is 2.35. The zero-order valence-corrected chi connectivity index (χ0v) is 14.4. The van der Waals surface area contributed by atoms with E-state index >= 15 is 0 Å². The highest BCUT2D eigenvalue weighted by Crippen LogP contribution is 2.39. The first-order valence-corrected chi connectivity index (χ1v) is 8.25. The Morgan fingerprint density at radius 2 is 2.00 bits per heavy atom. The van der Waals surface area contributed by atoms with Crippen LogP contribution in [0.1, 0.15) is 24.4 Å². The molecule has 1 aromatic carbocycles. The summed E-state index contributed by atoms with van der Waals surface area (Å²) in [5.74, 6) is 0.371. The third-order valence-electron chi connectivity index (χ3n) is 4.41. The summed E-state index contributed by atoms with van der Waals surface area (Å²) in [6.45, 7) is 3.79. The number of rotatable bonds is 2. The summed E-state index contributed by atoms with van der Waals surface area (Å²) < 4.78 is 10.6. The summed E-state index contributed by atoms with van der Waals surface area (Å²) in [5, 5.41) is 0. The van der Waals surface area contributed by atoms with E-state index in [0.717, 1.165) is 5.56 Å². The van der Waals surface area contributed by atoms with Crippen LogP contribution in [0, 0.1) is 0 Å². The van der Waals surface area contributed by atoms with Crippen molar-refractivity contribution in [2.24, 2.45) is 0 Å². The van der Waals surface area contributed by atoms with Gasteiger partial charge in [0.05, 0.1) is 29.9 Å². The van der Waals surface area contributed by atoms with Crippen LogP contribution in [-0.2, 0) is 4.79 Å². The maximum Gasteiger partial charge on any atom is 0.294 e. The van der Waals surface area contributed by atoms with Gasteiger partial charge in [0.1, 0.15) is 6.26 Å². The second-order valence-electron chi connectivity index (χ2n) is 6.17. The first-order chi connectivity index (χ1) is 12.6. The Bertz CT molecular complexity index is 947. The lowest BCUT2D eigenvalue weighted by molar-refractivity contribution is -0.117. The van der Waals surface area contributed by atoms with Crippen LogP contribution < -0.4 is 9.80 Å². The molecule has 0 radical (unpaired) electrons. The van der Waals surface area contributed by atoms with Crippen LogP contribution in [0.3, 0.4) is 0 Å². The summed E-state index contributed by atoms with van der Waals surface area (Å²) in [6, 6.07) is 8.59. The molecule has 0 bridgehead atoms. The maximum atomic E-state index is 12.9. The first kappa shape index (κ1) is 16.1. The van der Waals surface area contributed by atoms with Crippen molar-refractivity contribution < 1.29 is 18.4 Å². The number of aromatic nitrogens is 1. The molecule has 0 fully saturated rings. The molecular formula is C19H17N3O4. The van der Waals surface area contributed by atoms with E-state index in [-0.39, 0.29) is 23.6 Å². The van der Waals surface area contributed by atoms with Gasteiger partial charge in [-0.1, -0.05) is 0 Å². The lowest BCUT2D eigenvalue weighted by atomic mass is 10.0. The third-order valence-corrected chi connectivity index (χ3v) is 4.41. The van der Waals surface area contributed by atoms with Crippen LogP contribution in [-0.4, -0.2) is 29.4 Å². The van der Waals surface area contributed by atoms with Gasteiger partial charge in [-0.2, -0.15) is 0 Å². The molecule has 7 nitrogen and oxygen atoms in total. The fourth-order valence-corrected chi connectivity index (χ4v) is 3.33. The van der Waals surface area contributed by atoms with Gasteiger partial charge in [0.15, 0.2) is 5.76 Å². The minimum absolute atomic E-state index is 0.0762. The predicted molar refractivity (Wildman–Crippen MR) is 94.9 cm³/mol. The molecule has 1 aliphatic heterocycles. The minimum Gasteiger partial charge on any atom is -0.459 e. The Kier molecular flexibility index (Phi) is 3.84. The SMILES string of the molecule is CC(=O)N1c2ccc(-c3ncco3)cc2N(C(=O)c2ccco2)C[C@@H]1C. The average molecular weight is 351 g/mol. The molecule has 1 aliphatic rings. The lowest BCUT2D eigenvalue weighted by Gasteiger charge is -2.40. The summed E-state index contributed by atoms with van der Waals surface area (Å²) in [4.78, 5) is 32.6. The Morgan fingerprint density at radius 1 is 1.15 bits per heavy atom. The number of furan rings is 1. The first-order valence-electron chi connectivity index (χ1n) is 8.25. The van der Waals surface area contributed by atoms with Crippen LogP contribution in [0.2, 0.25) is 0 Å². The van der Waals surface area contributed by atoms with Gasteiger partial charge < -0.3 is 18.6 Å². The fraction of sp³-hybridized carbons (Fsp3) is 0.211. The second-order valence-corrected chi connectivity index (χ2v) is 6.17. The molecule has 0 aliphatic carbocycles. The number of carbonyl (C=O) groups excluding carboxylic acids is 2. The van der Waals surface area contributed by atoms with Crippen LogP contribution in [0.25, 0.3) is 11.5 Å². The van der Waals surface area contributed by atoms with Gasteiger partial charge in [0, 0.05) is 19.0 Å². The predicted octanol–water partition coefficient (Wildman–Crippen LogP) is 3.34. The van der Waals surface area contributed by atoms with Crippen molar-refractivity contribution in [2.75, 3.05) is 16.3 Å². The topological polar surface area (TPSA) is 79.8 Å². The van der Waals surface area contributed by atoms with E-state index in [2.05, 4.69) is 4.98 Å². The van der Waals surface area contributed by atoms with E-state index in [1.54, 1.807) is 28.1 Å². The molecule has 1 atom stereocenters. The average Bonchev–Trinajstić information content (AvgIpc) is 3.33. The molecule has 0 saturated carbocycles.